The quantitative estimate of drug-likeness (QED) is 0.481. The third-order valence-electron chi connectivity index (χ3n) is 6.92. The maximum atomic E-state index is 13.6. The van der Waals surface area contributed by atoms with Crippen molar-refractivity contribution in [2.24, 2.45) is 0 Å². The van der Waals surface area contributed by atoms with E-state index >= 15 is 0 Å². The highest BCUT2D eigenvalue weighted by Gasteiger charge is 2.47. The van der Waals surface area contributed by atoms with Gasteiger partial charge in [0.05, 0.1) is 17.0 Å². The first-order valence-electron chi connectivity index (χ1n) is 12.1. The standard InChI is InChI=1S/C28H29N3O3S/c1-20-9-11-22(12-10-20)31-26(32)18-24(27(31)33)30(28(34)25-8-5-17-35-25)23-13-15-29(16-14-23)19-21-6-3-2-4-7-21/h2-12,17,23-24H,13-16,18-19H2,1H3. The Morgan fingerprint density at radius 2 is 1.69 bits per heavy atom. The topological polar surface area (TPSA) is 60.9 Å². The number of carbonyl (C=O) groups is 3. The van der Waals surface area contributed by atoms with Gasteiger partial charge in [-0.05, 0) is 48.9 Å². The summed E-state index contributed by atoms with van der Waals surface area (Å²) in [5.74, 6) is -0.719. The van der Waals surface area contributed by atoms with Crippen LogP contribution in [0.2, 0.25) is 0 Å². The van der Waals surface area contributed by atoms with Gasteiger partial charge in [0, 0.05) is 25.7 Å². The predicted molar refractivity (Wildman–Crippen MR) is 137 cm³/mol. The van der Waals surface area contributed by atoms with Crippen molar-refractivity contribution in [3.05, 3.63) is 88.1 Å². The maximum Gasteiger partial charge on any atom is 0.264 e. The smallest absolute Gasteiger partial charge is 0.264 e. The third kappa shape index (κ3) is 4.92. The van der Waals surface area contributed by atoms with Crippen LogP contribution >= 0.6 is 11.3 Å². The summed E-state index contributed by atoms with van der Waals surface area (Å²) in [5, 5.41) is 1.87. The highest BCUT2D eigenvalue weighted by Crippen LogP contribution is 2.31. The summed E-state index contributed by atoms with van der Waals surface area (Å²) in [4.78, 5) is 46.2. The Hall–Kier alpha value is -3.29. The van der Waals surface area contributed by atoms with Crippen molar-refractivity contribution in [2.75, 3.05) is 18.0 Å². The van der Waals surface area contributed by atoms with Gasteiger partial charge in [0.15, 0.2) is 0 Å². The number of thiophene rings is 1. The molecule has 0 spiro atoms. The van der Waals surface area contributed by atoms with Crippen LogP contribution in [-0.4, -0.2) is 52.7 Å². The van der Waals surface area contributed by atoms with Gasteiger partial charge < -0.3 is 4.90 Å². The van der Waals surface area contributed by atoms with E-state index in [4.69, 9.17) is 0 Å². The first-order chi connectivity index (χ1) is 17.0. The number of amides is 3. The Bertz CT molecular complexity index is 1190. The molecule has 0 radical (unpaired) electrons. The molecule has 35 heavy (non-hydrogen) atoms. The molecule has 0 bridgehead atoms. The van der Waals surface area contributed by atoms with Gasteiger partial charge >= 0.3 is 0 Å². The van der Waals surface area contributed by atoms with E-state index in [1.165, 1.54) is 21.8 Å². The number of benzene rings is 2. The first kappa shape index (κ1) is 23.5. The van der Waals surface area contributed by atoms with Crippen LogP contribution in [-0.2, 0) is 16.1 Å². The minimum absolute atomic E-state index is 0.0219. The largest absolute Gasteiger partial charge is 0.322 e. The van der Waals surface area contributed by atoms with Crippen LogP contribution in [0.5, 0.6) is 0 Å². The molecule has 3 aromatic rings. The molecule has 5 rings (SSSR count). The van der Waals surface area contributed by atoms with E-state index in [2.05, 4.69) is 17.0 Å². The molecule has 3 heterocycles. The van der Waals surface area contributed by atoms with Gasteiger partial charge in [-0.15, -0.1) is 11.3 Å². The van der Waals surface area contributed by atoms with Gasteiger partial charge in [0.1, 0.15) is 6.04 Å². The number of carbonyl (C=O) groups excluding carboxylic acids is 3. The van der Waals surface area contributed by atoms with Crippen LogP contribution in [0.15, 0.2) is 72.1 Å². The van der Waals surface area contributed by atoms with Crippen LogP contribution < -0.4 is 4.90 Å². The van der Waals surface area contributed by atoms with Gasteiger partial charge in [-0.2, -0.15) is 0 Å². The molecule has 2 fully saturated rings. The summed E-state index contributed by atoms with van der Waals surface area (Å²) in [6, 6.07) is 20.5. The van der Waals surface area contributed by atoms with E-state index in [1.807, 2.05) is 48.7 Å². The van der Waals surface area contributed by atoms with Crippen molar-refractivity contribution >= 4 is 34.7 Å². The minimum Gasteiger partial charge on any atom is -0.322 e. The van der Waals surface area contributed by atoms with E-state index in [0.29, 0.717) is 10.6 Å². The third-order valence-corrected chi connectivity index (χ3v) is 7.77. The fraction of sp³-hybridized carbons (Fsp3) is 0.321. The highest BCUT2D eigenvalue weighted by atomic mass is 32.1. The molecule has 3 amide bonds. The lowest BCUT2D eigenvalue weighted by Crippen LogP contribution is -2.54. The Morgan fingerprint density at radius 3 is 2.34 bits per heavy atom. The highest BCUT2D eigenvalue weighted by molar-refractivity contribution is 7.12. The number of nitrogens with zero attached hydrogens (tertiary/aromatic N) is 3. The maximum absolute atomic E-state index is 13.6. The van der Waals surface area contributed by atoms with Crippen LogP contribution in [0.1, 0.15) is 40.1 Å². The fourth-order valence-electron chi connectivity index (χ4n) is 5.08. The Labute approximate surface area is 209 Å². The summed E-state index contributed by atoms with van der Waals surface area (Å²) in [6.07, 6.45) is 1.56. The minimum atomic E-state index is -0.774. The molecule has 7 heteroatoms. The van der Waals surface area contributed by atoms with Crippen molar-refractivity contribution in [2.45, 2.75) is 44.8 Å². The number of likely N-dealkylation sites (tertiary alicyclic amines) is 1. The lowest BCUT2D eigenvalue weighted by molar-refractivity contribution is -0.123. The summed E-state index contributed by atoms with van der Waals surface area (Å²) in [6.45, 7) is 4.51. The van der Waals surface area contributed by atoms with Crippen molar-refractivity contribution in [3.63, 3.8) is 0 Å². The second-order valence-electron chi connectivity index (χ2n) is 9.31. The first-order valence-corrected chi connectivity index (χ1v) is 12.9. The Kier molecular flexibility index (Phi) is 6.79. The van der Waals surface area contributed by atoms with Crippen LogP contribution in [0, 0.1) is 6.92 Å². The molecule has 1 aromatic heterocycles. The van der Waals surface area contributed by atoms with E-state index in [-0.39, 0.29) is 30.2 Å². The zero-order chi connectivity index (χ0) is 24.4. The van der Waals surface area contributed by atoms with Crippen molar-refractivity contribution < 1.29 is 14.4 Å². The zero-order valence-electron chi connectivity index (χ0n) is 19.8. The molecule has 180 valence electrons. The molecule has 0 aliphatic carbocycles. The van der Waals surface area contributed by atoms with Crippen molar-refractivity contribution in [1.29, 1.82) is 0 Å². The molecular formula is C28H29N3O3S. The van der Waals surface area contributed by atoms with Gasteiger partial charge in [-0.25, -0.2) is 4.90 Å². The van der Waals surface area contributed by atoms with E-state index in [9.17, 15) is 14.4 Å². The molecule has 1 atom stereocenters. The Balaban J connectivity index is 1.36. The SMILES string of the molecule is Cc1ccc(N2C(=O)CC(N(C(=O)c3cccs3)C3CCN(Cc4ccccc4)CC3)C2=O)cc1. The van der Waals surface area contributed by atoms with Crippen LogP contribution in [0.3, 0.4) is 0 Å². The van der Waals surface area contributed by atoms with E-state index in [1.54, 1.807) is 23.1 Å². The zero-order valence-corrected chi connectivity index (χ0v) is 20.6. The van der Waals surface area contributed by atoms with Crippen molar-refractivity contribution in [3.8, 4) is 0 Å². The van der Waals surface area contributed by atoms with Crippen molar-refractivity contribution in [1.82, 2.24) is 9.80 Å². The second-order valence-corrected chi connectivity index (χ2v) is 10.3. The molecule has 2 aromatic carbocycles. The molecule has 1 unspecified atom stereocenters. The molecule has 0 saturated carbocycles. The number of piperidine rings is 1. The Morgan fingerprint density at radius 1 is 0.971 bits per heavy atom. The monoisotopic (exact) mass is 487 g/mol. The van der Waals surface area contributed by atoms with Gasteiger partial charge in [0.2, 0.25) is 5.91 Å². The second kappa shape index (κ2) is 10.1. The number of aryl methyl sites for hydroxylation is 1. The van der Waals surface area contributed by atoms with Gasteiger partial charge in [0.25, 0.3) is 11.8 Å². The molecule has 0 N–H and O–H groups in total. The van der Waals surface area contributed by atoms with Gasteiger partial charge in [-0.1, -0.05) is 54.1 Å². The fourth-order valence-corrected chi connectivity index (χ4v) is 5.75. The van der Waals surface area contributed by atoms with E-state index < -0.39 is 6.04 Å². The summed E-state index contributed by atoms with van der Waals surface area (Å²) in [5.41, 5.74) is 2.89. The number of imide groups is 1. The average molecular weight is 488 g/mol. The summed E-state index contributed by atoms with van der Waals surface area (Å²) in [7, 11) is 0. The molecule has 6 nitrogen and oxygen atoms in total. The number of rotatable bonds is 6. The molecule has 2 aliphatic heterocycles. The number of anilines is 1. The molecular weight excluding hydrogens is 458 g/mol. The molecule has 2 aliphatic rings. The predicted octanol–water partition coefficient (Wildman–Crippen LogP) is 4.50. The van der Waals surface area contributed by atoms with E-state index in [0.717, 1.165) is 38.0 Å². The number of hydrogen-bond donors (Lipinski definition) is 0. The number of hydrogen-bond acceptors (Lipinski definition) is 5. The van der Waals surface area contributed by atoms with Crippen LogP contribution in [0.25, 0.3) is 0 Å². The molecule has 2 saturated heterocycles. The van der Waals surface area contributed by atoms with Gasteiger partial charge in [-0.3, -0.25) is 19.3 Å². The summed E-state index contributed by atoms with van der Waals surface area (Å²) < 4.78 is 0. The normalized spacial score (nSPS) is 19.3. The average Bonchev–Trinajstić information content (AvgIpc) is 3.50. The lowest BCUT2D eigenvalue weighted by atomic mass is 9.99. The summed E-state index contributed by atoms with van der Waals surface area (Å²) >= 11 is 1.37. The lowest BCUT2D eigenvalue weighted by Gasteiger charge is -2.40. The van der Waals surface area contributed by atoms with Crippen LogP contribution in [0.4, 0.5) is 5.69 Å².